The molecule has 2 saturated heterocycles. The van der Waals surface area contributed by atoms with Gasteiger partial charge >= 0.3 is 6.09 Å². The van der Waals surface area contributed by atoms with Gasteiger partial charge in [0, 0.05) is 39.3 Å². The maximum Gasteiger partial charge on any atom is 0.409 e. The molecule has 6 heteroatoms. The molecule has 2 aliphatic heterocycles. The fourth-order valence-electron chi connectivity index (χ4n) is 3.93. The Kier molecular flexibility index (Phi) is 6.72. The highest BCUT2D eigenvalue weighted by atomic mass is 16.6. The number of rotatable bonds is 4. The van der Waals surface area contributed by atoms with Crippen LogP contribution in [0.1, 0.15) is 30.9 Å². The van der Waals surface area contributed by atoms with Gasteiger partial charge in [-0.15, -0.1) is 0 Å². The van der Waals surface area contributed by atoms with Gasteiger partial charge in [0.25, 0.3) is 0 Å². The van der Waals surface area contributed by atoms with Crippen molar-refractivity contribution in [3.05, 3.63) is 35.4 Å². The fraction of sp³-hybridized carbons (Fsp3) is 0.619. The molecule has 0 aromatic heterocycles. The molecule has 0 spiro atoms. The molecule has 0 radical (unpaired) electrons. The van der Waals surface area contributed by atoms with Crippen LogP contribution in [0.2, 0.25) is 0 Å². The zero-order valence-corrected chi connectivity index (χ0v) is 16.5. The molecule has 1 unspecified atom stereocenters. The van der Waals surface area contributed by atoms with Crippen molar-refractivity contribution in [1.29, 1.82) is 0 Å². The van der Waals surface area contributed by atoms with Crippen LogP contribution in [0, 0.1) is 12.8 Å². The summed E-state index contributed by atoms with van der Waals surface area (Å²) in [5, 5.41) is 0. The number of piperazine rings is 1. The average Bonchev–Trinajstić information content (AvgIpc) is 2.70. The summed E-state index contributed by atoms with van der Waals surface area (Å²) in [6.45, 7) is 9.40. The van der Waals surface area contributed by atoms with Crippen molar-refractivity contribution < 1.29 is 14.3 Å². The van der Waals surface area contributed by atoms with Gasteiger partial charge in [-0.05, 0) is 38.8 Å². The standard InChI is InChI=1S/C21H31N3O3/c1-3-27-21(26)24-13-11-23(12-14-24)20(25)19-5-4-10-22(16-19)15-18-8-6-17(2)7-9-18/h6-9,19H,3-5,10-16H2,1-2H3. The summed E-state index contributed by atoms with van der Waals surface area (Å²) < 4.78 is 5.05. The first-order valence-electron chi connectivity index (χ1n) is 10.0. The summed E-state index contributed by atoms with van der Waals surface area (Å²) in [5.74, 6) is 0.311. The van der Waals surface area contributed by atoms with Crippen LogP contribution in [-0.2, 0) is 16.1 Å². The van der Waals surface area contributed by atoms with E-state index in [1.54, 1.807) is 4.90 Å². The van der Waals surface area contributed by atoms with Crippen LogP contribution in [0.4, 0.5) is 4.79 Å². The third-order valence-electron chi connectivity index (χ3n) is 5.50. The van der Waals surface area contributed by atoms with Gasteiger partial charge in [-0.25, -0.2) is 4.79 Å². The Morgan fingerprint density at radius 1 is 1.04 bits per heavy atom. The van der Waals surface area contributed by atoms with Crippen molar-refractivity contribution in [3.8, 4) is 0 Å². The van der Waals surface area contributed by atoms with E-state index < -0.39 is 0 Å². The lowest BCUT2D eigenvalue weighted by atomic mass is 9.95. The number of carbonyl (C=O) groups is 2. The first-order chi connectivity index (χ1) is 13.1. The summed E-state index contributed by atoms with van der Waals surface area (Å²) in [7, 11) is 0. The second kappa shape index (κ2) is 9.22. The first-order valence-corrected chi connectivity index (χ1v) is 10.0. The average molecular weight is 373 g/mol. The van der Waals surface area contributed by atoms with E-state index >= 15 is 0 Å². The molecule has 2 aliphatic rings. The Bertz CT molecular complexity index is 639. The van der Waals surface area contributed by atoms with Crippen molar-refractivity contribution in [2.75, 3.05) is 45.9 Å². The lowest BCUT2D eigenvalue weighted by Crippen LogP contribution is -2.53. The van der Waals surface area contributed by atoms with Crippen molar-refractivity contribution in [1.82, 2.24) is 14.7 Å². The molecule has 0 saturated carbocycles. The SMILES string of the molecule is CCOC(=O)N1CCN(C(=O)C2CCCN(Cc3ccc(C)cc3)C2)CC1. The van der Waals surface area contributed by atoms with Gasteiger partial charge in [0.2, 0.25) is 5.91 Å². The number of piperidine rings is 1. The molecule has 1 aromatic rings. The third kappa shape index (κ3) is 5.22. The molecule has 1 atom stereocenters. The zero-order valence-electron chi connectivity index (χ0n) is 16.5. The molecular formula is C21H31N3O3. The summed E-state index contributed by atoms with van der Waals surface area (Å²) >= 11 is 0. The van der Waals surface area contributed by atoms with Crippen LogP contribution in [-0.4, -0.2) is 72.6 Å². The molecule has 6 nitrogen and oxygen atoms in total. The Morgan fingerprint density at radius 3 is 2.37 bits per heavy atom. The zero-order chi connectivity index (χ0) is 19.2. The Balaban J connectivity index is 1.50. The van der Waals surface area contributed by atoms with Crippen LogP contribution < -0.4 is 0 Å². The van der Waals surface area contributed by atoms with E-state index in [1.165, 1.54) is 11.1 Å². The smallest absolute Gasteiger partial charge is 0.409 e. The molecule has 0 aliphatic carbocycles. The highest BCUT2D eigenvalue weighted by Gasteiger charge is 2.32. The fourth-order valence-corrected chi connectivity index (χ4v) is 3.93. The van der Waals surface area contributed by atoms with E-state index in [4.69, 9.17) is 4.74 Å². The quantitative estimate of drug-likeness (QED) is 0.814. The van der Waals surface area contributed by atoms with Gasteiger partial charge in [-0.1, -0.05) is 29.8 Å². The van der Waals surface area contributed by atoms with Gasteiger partial charge in [0.05, 0.1) is 12.5 Å². The van der Waals surface area contributed by atoms with E-state index in [2.05, 4.69) is 36.1 Å². The number of amides is 2. The van der Waals surface area contributed by atoms with E-state index in [1.807, 2.05) is 11.8 Å². The topological polar surface area (TPSA) is 53.1 Å². The molecular weight excluding hydrogens is 342 g/mol. The van der Waals surface area contributed by atoms with Gasteiger partial charge in [-0.2, -0.15) is 0 Å². The molecule has 3 rings (SSSR count). The minimum Gasteiger partial charge on any atom is -0.450 e. The second-order valence-electron chi connectivity index (χ2n) is 7.57. The number of nitrogens with zero attached hydrogens (tertiary/aromatic N) is 3. The number of ether oxygens (including phenoxy) is 1. The second-order valence-corrected chi connectivity index (χ2v) is 7.57. The largest absolute Gasteiger partial charge is 0.450 e. The molecule has 0 N–H and O–H groups in total. The number of benzene rings is 1. The van der Waals surface area contributed by atoms with Crippen molar-refractivity contribution in [2.24, 2.45) is 5.92 Å². The van der Waals surface area contributed by atoms with Crippen LogP contribution in [0.5, 0.6) is 0 Å². The minimum atomic E-state index is -0.272. The monoisotopic (exact) mass is 373 g/mol. The van der Waals surface area contributed by atoms with Gasteiger partial charge in [0.1, 0.15) is 0 Å². The predicted molar refractivity (Wildman–Crippen MR) is 104 cm³/mol. The van der Waals surface area contributed by atoms with Crippen molar-refractivity contribution >= 4 is 12.0 Å². The van der Waals surface area contributed by atoms with E-state index in [0.29, 0.717) is 32.8 Å². The summed E-state index contributed by atoms with van der Waals surface area (Å²) in [6.07, 6.45) is 1.75. The lowest BCUT2D eigenvalue weighted by molar-refractivity contribution is -0.139. The maximum atomic E-state index is 13.0. The number of aryl methyl sites for hydroxylation is 1. The third-order valence-corrected chi connectivity index (χ3v) is 5.50. The molecule has 2 amide bonds. The van der Waals surface area contributed by atoms with E-state index in [0.717, 1.165) is 32.5 Å². The Morgan fingerprint density at radius 2 is 1.70 bits per heavy atom. The summed E-state index contributed by atoms with van der Waals surface area (Å²) in [6, 6.07) is 8.64. The number of hydrogen-bond donors (Lipinski definition) is 0. The molecule has 2 heterocycles. The van der Waals surface area contributed by atoms with Gasteiger partial charge in [-0.3, -0.25) is 9.69 Å². The minimum absolute atomic E-state index is 0.0679. The predicted octanol–water partition coefficient (Wildman–Crippen LogP) is 2.51. The lowest BCUT2D eigenvalue weighted by Gasteiger charge is -2.38. The van der Waals surface area contributed by atoms with Crippen LogP contribution in [0.3, 0.4) is 0 Å². The Hall–Kier alpha value is -2.08. The van der Waals surface area contributed by atoms with E-state index in [-0.39, 0.29) is 17.9 Å². The van der Waals surface area contributed by atoms with Gasteiger partial charge < -0.3 is 14.5 Å². The highest BCUT2D eigenvalue weighted by molar-refractivity contribution is 5.79. The summed E-state index contributed by atoms with van der Waals surface area (Å²) in [5.41, 5.74) is 2.57. The summed E-state index contributed by atoms with van der Waals surface area (Å²) in [4.78, 5) is 30.8. The molecule has 148 valence electrons. The number of hydrogen-bond acceptors (Lipinski definition) is 4. The van der Waals surface area contributed by atoms with Crippen molar-refractivity contribution in [3.63, 3.8) is 0 Å². The van der Waals surface area contributed by atoms with Crippen LogP contribution >= 0.6 is 0 Å². The molecule has 2 fully saturated rings. The number of carbonyl (C=O) groups excluding carboxylic acids is 2. The number of likely N-dealkylation sites (tertiary alicyclic amines) is 1. The van der Waals surface area contributed by atoms with Crippen LogP contribution in [0.15, 0.2) is 24.3 Å². The van der Waals surface area contributed by atoms with E-state index in [9.17, 15) is 9.59 Å². The molecule has 0 bridgehead atoms. The van der Waals surface area contributed by atoms with Crippen LogP contribution in [0.25, 0.3) is 0 Å². The normalized spacial score (nSPS) is 21.2. The first kappa shape index (κ1) is 19.7. The Labute approximate surface area is 162 Å². The molecule has 1 aromatic carbocycles. The molecule has 27 heavy (non-hydrogen) atoms. The van der Waals surface area contributed by atoms with Crippen molar-refractivity contribution in [2.45, 2.75) is 33.2 Å². The van der Waals surface area contributed by atoms with Gasteiger partial charge in [0.15, 0.2) is 0 Å². The maximum absolute atomic E-state index is 13.0. The highest BCUT2D eigenvalue weighted by Crippen LogP contribution is 2.21.